The minimum absolute atomic E-state index is 0. The molecule has 1 aromatic rings. The van der Waals surface area contributed by atoms with Crippen LogP contribution in [0.25, 0.3) is 0 Å². The van der Waals surface area contributed by atoms with Gasteiger partial charge in [-0.2, -0.15) is 0 Å². The molecule has 0 saturated heterocycles. The lowest BCUT2D eigenvalue weighted by Gasteiger charge is -2.22. The van der Waals surface area contributed by atoms with E-state index in [0.29, 0.717) is 17.3 Å². The molecule has 0 aliphatic rings. The summed E-state index contributed by atoms with van der Waals surface area (Å²) < 4.78 is 0. The summed E-state index contributed by atoms with van der Waals surface area (Å²) in [5, 5.41) is 23.8. The lowest BCUT2D eigenvalue weighted by Crippen LogP contribution is -2.32. The third-order valence-electron chi connectivity index (χ3n) is 2.68. The highest BCUT2D eigenvalue weighted by molar-refractivity contribution is 7.09. The van der Waals surface area contributed by atoms with Crippen molar-refractivity contribution < 1.29 is 15.0 Å². The van der Waals surface area contributed by atoms with Gasteiger partial charge in [-0.3, -0.25) is 0 Å². The third kappa shape index (κ3) is 4.53. The van der Waals surface area contributed by atoms with E-state index in [-0.39, 0.29) is 24.1 Å². The summed E-state index contributed by atoms with van der Waals surface area (Å²) in [6.07, 6.45) is -0.186. The highest BCUT2D eigenvalue weighted by Gasteiger charge is 2.20. The van der Waals surface area contributed by atoms with Crippen molar-refractivity contribution in [1.82, 2.24) is 10.3 Å². The van der Waals surface area contributed by atoms with Crippen LogP contribution in [0, 0.1) is 5.92 Å². The van der Waals surface area contributed by atoms with Gasteiger partial charge < -0.3 is 15.5 Å². The first-order chi connectivity index (χ1) is 7.95. The molecule has 104 valence electrons. The van der Waals surface area contributed by atoms with E-state index in [1.807, 2.05) is 7.05 Å². The maximum Gasteiger partial charge on any atom is 0.355 e. The second-order valence-corrected chi connectivity index (χ2v) is 5.16. The predicted octanol–water partition coefficient (Wildman–Crippen LogP) is 1.93. The van der Waals surface area contributed by atoms with E-state index in [9.17, 15) is 9.90 Å². The number of aromatic carboxylic acids is 1. The van der Waals surface area contributed by atoms with Crippen molar-refractivity contribution in [3.05, 3.63) is 16.1 Å². The Hall–Kier alpha value is -0.690. The van der Waals surface area contributed by atoms with Crippen molar-refractivity contribution in [3.63, 3.8) is 0 Å². The molecular weight excluding hydrogens is 276 g/mol. The fourth-order valence-corrected chi connectivity index (χ4v) is 2.39. The third-order valence-corrected chi connectivity index (χ3v) is 3.62. The van der Waals surface area contributed by atoms with Gasteiger partial charge in [0.05, 0.1) is 0 Å². The molecule has 0 amide bonds. The van der Waals surface area contributed by atoms with Crippen molar-refractivity contribution in [1.29, 1.82) is 0 Å². The second-order valence-electron chi connectivity index (χ2n) is 4.27. The molecule has 0 spiro atoms. The van der Waals surface area contributed by atoms with E-state index >= 15 is 0 Å². The number of rotatable bonds is 6. The number of hydrogen-bond donors (Lipinski definition) is 3. The minimum Gasteiger partial charge on any atom is -0.476 e. The molecule has 2 atom stereocenters. The van der Waals surface area contributed by atoms with Gasteiger partial charge in [-0.1, -0.05) is 13.8 Å². The molecule has 1 aromatic heterocycles. The number of aromatic nitrogens is 1. The molecule has 0 unspecified atom stereocenters. The average molecular weight is 295 g/mol. The molecule has 0 saturated carbocycles. The maximum absolute atomic E-state index is 10.7. The van der Waals surface area contributed by atoms with Crippen LogP contribution in [0.2, 0.25) is 0 Å². The van der Waals surface area contributed by atoms with Crippen molar-refractivity contribution >= 4 is 29.7 Å². The van der Waals surface area contributed by atoms with E-state index in [0.717, 1.165) is 0 Å². The summed E-state index contributed by atoms with van der Waals surface area (Å²) in [7, 11) is 1.85. The number of aliphatic hydroxyl groups is 1. The molecule has 5 nitrogen and oxygen atoms in total. The SMILES string of the molecule is CN[C@H](C[C@@H](O)c1nc(C(=O)O)cs1)C(C)C.Cl. The molecule has 3 N–H and O–H groups in total. The Morgan fingerprint density at radius 3 is 2.56 bits per heavy atom. The van der Waals surface area contributed by atoms with Crippen LogP contribution in [-0.4, -0.2) is 34.3 Å². The fraction of sp³-hybridized carbons (Fsp3) is 0.636. The summed E-state index contributed by atoms with van der Waals surface area (Å²) in [5.41, 5.74) is -0.00500. The topological polar surface area (TPSA) is 82.5 Å². The normalized spacial score (nSPS) is 14.1. The standard InChI is InChI=1S/C11H18N2O3S.ClH/c1-6(2)7(12-3)4-9(14)10-13-8(5-17-10)11(15)16;/h5-7,9,12,14H,4H2,1-3H3,(H,15,16);1H/t7-,9-;/m1./s1. The van der Waals surface area contributed by atoms with Crippen LogP contribution in [0.1, 0.15) is 41.9 Å². The van der Waals surface area contributed by atoms with Gasteiger partial charge in [0.25, 0.3) is 0 Å². The lowest BCUT2D eigenvalue weighted by atomic mass is 9.98. The number of aliphatic hydroxyl groups excluding tert-OH is 1. The van der Waals surface area contributed by atoms with Crippen LogP contribution in [-0.2, 0) is 0 Å². The van der Waals surface area contributed by atoms with Gasteiger partial charge in [0, 0.05) is 11.4 Å². The molecular formula is C11H19ClN2O3S. The monoisotopic (exact) mass is 294 g/mol. The number of nitrogens with zero attached hydrogens (tertiary/aromatic N) is 1. The number of nitrogens with one attached hydrogen (secondary N) is 1. The van der Waals surface area contributed by atoms with Gasteiger partial charge in [0.1, 0.15) is 11.1 Å². The van der Waals surface area contributed by atoms with E-state index in [1.165, 1.54) is 16.7 Å². The first kappa shape index (κ1) is 17.3. The molecule has 0 aromatic carbocycles. The summed E-state index contributed by atoms with van der Waals surface area (Å²) in [4.78, 5) is 14.6. The molecule has 0 fully saturated rings. The van der Waals surface area contributed by atoms with Crippen molar-refractivity contribution in [3.8, 4) is 0 Å². The molecule has 0 aliphatic carbocycles. The number of carboxylic acids is 1. The fourth-order valence-electron chi connectivity index (χ4n) is 1.60. The minimum atomic E-state index is -1.06. The smallest absolute Gasteiger partial charge is 0.355 e. The Balaban J connectivity index is 0.00000289. The van der Waals surface area contributed by atoms with Crippen molar-refractivity contribution in [2.75, 3.05) is 7.05 Å². The zero-order valence-electron chi connectivity index (χ0n) is 10.6. The number of carboxylic acid groups (broad SMARTS) is 1. The number of hydrogen-bond acceptors (Lipinski definition) is 5. The first-order valence-electron chi connectivity index (χ1n) is 5.49. The van der Waals surface area contributed by atoms with E-state index < -0.39 is 12.1 Å². The number of halogens is 1. The Kier molecular flexibility index (Phi) is 7.39. The molecule has 7 heteroatoms. The van der Waals surface area contributed by atoms with Gasteiger partial charge in [0.15, 0.2) is 5.69 Å². The van der Waals surface area contributed by atoms with Crippen LogP contribution in [0.3, 0.4) is 0 Å². The van der Waals surface area contributed by atoms with E-state index in [1.54, 1.807) is 0 Å². The van der Waals surface area contributed by atoms with Crippen LogP contribution in [0.5, 0.6) is 0 Å². The molecule has 0 radical (unpaired) electrons. The van der Waals surface area contributed by atoms with E-state index in [2.05, 4.69) is 24.1 Å². The summed E-state index contributed by atoms with van der Waals surface area (Å²) in [6, 6.07) is 0.183. The Morgan fingerprint density at radius 1 is 1.56 bits per heavy atom. The zero-order valence-corrected chi connectivity index (χ0v) is 12.2. The average Bonchev–Trinajstić information content (AvgIpc) is 2.74. The zero-order chi connectivity index (χ0) is 13.0. The highest BCUT2D eigenvalue weighted by Crippen LogP contribution is 2.24. The molecule has 0 bridgehead atoms. The summed E-state index contributed by atoms with van der Waals surface area (Å²) in [6.45, 7) is 4.14. The Morgan fingerprint density at radius 2 is 2.17 bits per heavy atom. The molecule has 0 aliphatic heterocycles. The van der Waals surface area contributed by atoms with Gasteiger partial charge >= 0.3 is 5.97 Å². The Bertz CT molecular complexity index is 384. The van der Waals surface area contributed by atoms with Crippen molar-refractivity contribution in [2.45, 2.75) is 32.4 Å². The van der Waals surface area contributed by atoms with Crippen molar-refractivity contribution in [2.24, 2.45) is 5.92 Å². The summed E-state index contributed by atoms with van der Waals surface area (Å²) in [5.74, 6) is -0.665. The molecule has 1 heterocycles. The van der Waals surface area contributed by atoms with Crippen LogP contribution < -0.4 is 5.32 Å². The quantitative estimate of drug-likeness (QED) is 0.747. The van der Waals surface area contributed by atoms with Crippen LogP contribution in [0.4, 0.5) is 0 Å². The predicted molar refractivity (Wildman–Crippen MR) is 73.6 cm³/mol. The van der Waals surface area contributed by atoms with E-state index in [4.69, 9.17) is 5.11 Å². The van der Waals surface area contributed by atoms with Crippen LogP contribution >= 0.6 is 23.7 Å². The Labute approximate surface area is 117 Å². The first-order valence-corrected chi connectivity index (χ1v) is 6.37. The molecule has 1 rings (SSSR count). The van der Waals surface area contributed by atoms with Gasteiger partial charge in [0.2, 0.25) is 0 Å². The van der Waals surface area contributed by atoms with Gasteiger partial charge in [-0.25, -0.2) is 9.78 Å². The highest BCUT2D eigenvalue weighted by atomic mass is 35.5. The van der Waals surface area contributed by atoms with Gasteiger partial charge in [-0.15, -0.1) is 23.7 Å². The lowest BCUT2D eigenvalue weighted by molar-refractivity contribution is 0.0690. The van der Waals surface area contributed by atoms with Crippen LogP contribution in [0.15, 0.2) is 5.38 Å². The molecule has 18 heavy (non-hydrogen) atoms. The second kappa shape index (κ2) is 7.68. The largest absolute Gasteiger partial charge is 0.476 e. The number of thiazole rings is 1. The van der Waals surface area contributed by atoms with Gasteiger partial charge in [-0.05, 0) is 19.4 Å². The summed E-state index contributed by atoms with van der Waals surface area (Å²) >= 11 is 1.18. The number of carbonyl (C=O) groups is 1. The maximum atomic E-state index is 10.7.